The van der Waals surface area contributed by atoms with Crippen molar-refractivity contribution in [2.24, 2.45) is 5.92 Å². The molecule has 0 N–H and O–H groups in total. The first-order chi connectivity index (χ1) is 21.0. The lowest BCUT2D eigenvalue weighted by Crippen LogP contribution is -2.68. The predicted molar refractivity (Wildman–Crippen MR) is 158 cm³/mol. The van der Waals surface area contributed by atoms with E-state index in [1.54, 1.807) is 0 Å². The Morgan fingerprint density at radius 3 is 1.91 bits per heavy atom. The SMILES string of the molecule is CC1(C)O[C@H]2[C@@H]([C@H]3C(=O)N4[C@H]3[C@@H](OCc3ccccc3)[C@H](OCc3ccccc3)[C@H]4COCc3ccccc3)OC[C@H]2O1. The number of ether oxygens (including phenoxy) is 6. The molecule has 4 fully saturated rings. The third kappa shape index (κ3) is 5.76. The van der Waals surface area contributed by atoms with Crippen LogP contribution in [0.4, 0.5) is 0 Å². The Morgan fingerprint density at radius 2 is 1.30 bits per heavy atom. The third-order valence-electron chi connectivity index (χ3n) is 8.95. The van der Waals surface area contributed by atoms with Gasteiger partial charge in [0.2, 0.25) is 5.91 Å². The molecule has 1 amide bonds. The van der Waals surface area contributed by atoms with Crippen LogP contribution in [-0.4, -0.2) is 72.4 Å². The lowest BCUT2D eigenvalue weighted by Gasteiger charge is -2.49. The minimum Gasteiger partial charge on any atom is -0.375 e. The van der Waals surface area contributed by atoms with Gasteiger partial charge in [-0.05, 0) is 30.5 Å². The summed E-state index contributed by atoms with van der Waals surface area (Å²) in [7, 11) is 0. The second kappa shape index (κ2) is 12.1. The molecule has 4 aliphatic heterocycles. The van der Waals surface area contributed by atoms with Gasteiger partial charge in [0, 0.05) is 0 Å². The molecule has 0 aromatic heterocycles. The Balaban J connectivity index is 1.16. The van der Waals surface area contributed by atoms with Crippen molar-refractivity contribution in [3.05, 3.63) is 108 Å². The van der Waals surface area contributed by atoms with Gasteiger partial charge in [0.05, 0.1) is 51.0 Å². The van der Waals surface area contributed by atoms with Gasteiger partial charge in [0.15, 0.2) is 5.79 Å². The van der Waals surface area contributed by atoms with Crippen LogP contribution in [0.5, 0.6) is 0 Å². The second-order valence-corrected chi connectivity index (χ2v) is 12.3. The van der Waals surface area contributed by atoms with Crippen LogP contribution in [0, 0.1) is 5.92 Å². The monoisotopic (exact) mass is 585 g/mol. The molecule has 8 nitrogen and oxygen atoms in total. The maximum Gasteiger partial charge on any atom is 0.231 e. The number of carbonyl (C=O) groups is 1. The van der Waals surface area contributed by atoms with Crippen LogP contribution < -0.4 is 0 Å². The van der Waals surface area contributed by atoms with E-state index < -0.39 is 23.9 Å². The highest BCUT2D eigenvalue weighted by molar-refractivity contribution is 5.88. The van der Waals surface area contributed by atoms with Gasteiger partial charge in [-0.3, -0.25) is 4.79 Å². The topological polar surface area (TPSA) is 75.7 Å². The molecule has 0 spiro atoms. The highest BCUT2D eigenvalue weighted by Gasteiger charge is 2.69. The number of amides is 1. The smallest absolute Gasteiger partial charge is 0.231 e. The number of benzene rings is 3. The fraction of sp³-hybridized carbons (Fsp3) is 0.457. The maximum absolute atomic E-state index is 14.0. The van der Waals surface area contributed by atoms with Gasteiger partial charge in [0.1, 0.15) is 30.5 Å². The number of nitrogens with zero attached hydrogens (tertiary/aromatic N) is 1. The molecular weight excluding hydrogens is 546 g/mol. The Kier molecular flexibility index (Phi) is 8.07. The molecule has 3 aromatic carbocycles. The van der Waals surface area contributed by atoms with Crippen molar-refractivity contribution in [2.75, 3.05) is 13.2 Å². The number of hydrogen-bond donors (Lipinski definition) is 0. The number of fused-ring (bicyclic) bond motifs is 2. The van der Waals surface area contributed by atoms with E-state index in [2.05, 4.69) is 0 Å². The van der Waals surface area contributed by atoms with E-state index >= 15 is 0 Å². The van der Waals surface area contributed by atoms with Crippen LogP contribution in [0.25, 0.3) is 0 Å². The van der Waals surface area contributed by atoms with Crippen molar-refractivity contribution in [1.82, 2.24) is 4.90 Å². The summed E-state index contributed by atoms with van der Waals surface area (Å²) in [6, 6.07) is 29.7. The Morgan fingerprint density at radius 1 is 0.744 bits per heavy atom. The average molecular weight is 586 g/mol. The minimum atomic E-state index is -0.710. The summed E-state index contributed by atoms with van der Waals surface area (Å²) in [5.41, 5.74) is 3.20. The molecule has 0 bridgehead atoms. The normalized spacial score (nSPS) is 32.4. The largest absolute Gasteiger partial charge is 0.375 e. The van der Waals surface area contributed by atoms with E-state index in [0.29, 0.717) is 33.0 Å². The molecule has 8 atom stereocenters. The summed E-state index contributed by atoms with van der Waals surface area (Å²) in [5.74, 6) is -1.11. The first-order valence-electron chi connectivity index (χ1n) is 15.2. The third-order valence-corrected chi connectivity index (χ3v) is 8.95. The molecule has 0 radical (unpaired) electrons. The first-order valence-corrected chi connectivity index (χ1v) is 15.2. The van der Waals surface area contributed by atoms with Gasteiger partial charge in [-0.2, -0.15) is 0 Å². The van der Waals surface area contributed by atoms with Crippen LogP contribution >= 0.6 is 0 Å². The van der Waals surface area contributed by atoms with Crippen LogP contribution in [0.15, 0.2) is 91.0 Å². The minimum absolute atomic E-state index is 0.0244. The van der Waals surface area contributed by atoms with E-state index in [-0.39, 0.29) is 36.3 Å². The highest BCUT2D eigenvalue weighted by atomic mass is 16.8. The van der Waals surface area contributed by atoms with Crippen molar-refractivity contribution in [3.63, 3.8) is 0 Å². The highest BCUT2D eigenvalue weighted by Crippen LogP contribution is 2.49. The van der Waals surface area contributed by atoms with Gasteiger partial charge in [-0.1, -0.05) is 91.0 Å². The summed E-state index contributed by atoms with van der Waals surface area (Å²) in [6.45, 7) is 5.81. The van der Waals surface area contributed by atoms with Crippen molar-refractivity contribution in [1.29, 1.82) is 0 Å². The number of β-lactam (4-membered cyclic amide) rings is 1. The van der Waals surface area contributed by atoms with E-state index in [0.717, 1.165) is 16.7 Å². The van der Waals surface area contributed by atoms with Crippen LogP contribution in [-0.2, 0) is 53.0 Å². The lowest BCUT2D eigenvalue weighted by molar-refractivity contribution is -0.201. The molecule has 4 saturated heterocycles. The van der Waals surface area contributed by atoms with E-state index in [4.69, 9.17) is 28.4 Å². The number of hydrogen-bond acceptors (Lipinski definition) is 7. The quantitative estimate of drug-likeness (QED) is 0.307. The summed E-state index contributed by atoms with van der Waals surface area (Å²) in [6.07, 6.45) is -1.69. The summed E-state index contributed by atoms with van der Waals surface area (Å²) >= 11 is 0. The van der Waals surface area contributed by atoms with E-state index in [1.165, 1.54) is 0 Å². The summed E-state index contributed by atoms with van der Waals surface area (Å²) in [4.78, 5) is 16.0. The standard InChI is InChI=1S/C35H39NO7/c1-35(2)42-27-22-41-32(31(27)43-35)28-29-33(40-20-25-16-10-5-11-17-25)30(39-19-24-14-8-4-9-15-24)26(36(29)34(28)37)21-38-18-23-12-6-3-7-13-23/h3-17,26-33H,18-22H2,1-2H3/t26-,27-,28+,29-,30-,31-,32-,33-/m1/s1. The Labute approximate surface area is 252 Å². The van der Waals surface area contributed by atoms with E-state index in [1.807, 2.05) is 110 Å². The molecule has 4 aliphatic rings. The number of carbonyl (C=O) groups excluding carboxylic acids is 1. The molecule has 7 rings (SSSR count). The molecule has 0 saturated carbocycles. The van der Waals surface area contributed by atoms with Crippen molar-refractivity contribution < 1.29 is 33.2 Å². The molecular formula is C35H39NO7. The Bertz CT molecular complexity index is 1370. The van der Waals surface area contributed by atoms with Gasteiger partial charge in [0.25, 0.3) is 0 Å². The van der Waals surface area contributed by atoms with Crippen LogP contribution in [0.3, 0.4) is 0 Å². The zero-order valence-electron chi connectivity index (χ0n) is 24.6. The van der Waals surface area contributed by atoms with Gasteiger partial charge >= 0.3 is 0 Å². The van der Waals surface area contributed by atoms with Crippen molar-refractivity contribution >= 4 is 5.91 Å². The zero-order valence-corrected chi connectivity index (χ0v) is 24.6. The predicted octanol–water partition coefficient (Wildman–Crippen LogP) is 4.50. The average Bonchev–Trinajstić information content (AvgIpc) is 3.63. The molecule has 8 heteroatoms. The molecule has 43 heavy (non-hydrogen) atoms. The number of rotatable bonds is 11. The molecule has 3 aromatic rings. The van der Waals surface area contributed by atoms with Crippen molar-refractivity contribution in [2.45, 2.75) is 82.1 Å². The fourth-order valence-corrected chi connectivity index (χ4v) is 7.07. The van der Waals surface area contributed by atoms with Gasteiger partial charge in [-0.25, -0.2) is 0 Å². The molecule has 4 heterocycles. The van der Waals surface area contributed by atoms with E-state index in [9.17, 15) is 4.79 Å². The first kappa shape index (κ1) is 28.6. The van der Waals surface area contributed by atoms with Gasteiger partial charge in [-0.15, -0.1) is 0 Å². The maximum atomic E-state index is 14.0. The zero-order chi connectivity index (χ0) is 29.4. The fourth-order valence-electron chi connectivity index (χ4n) is 7.07. The van der Waals surface area contributed by atoms with Crippen LogP contribution in [0.1, 0.15) is 30.5 Å². The lowest BCUT2D eigenvalue weighted by atomic mass is 9.79. The molecule has 0 unspecified atom stereocenters. The Hall–Kier alpha value is -3.11. The summed E-state index contributed by atoms with van der Waals surface area (Å²) < 4.78 is 38.2. The second-order valence-electron chi connectivity index (χ2n) is 12.3. The van der Waals surface area contributed by atoms with Gasteiger partial charge < -0.3 is 33.3 Å². The van der Waals surface area contributed by atoms with Crippen LogP contribution in [0.2, 0.25) is 0 Å². The molecule has 226 valence electrons. The van der Waals surface area contributed by atoms with Crippen molar-refractivity contribution in [3.8, 4) is 0 Å². The molecule has 0 aliphatic carbocycles. The summed E-state index contributed by atoms with van der Waals surface area (Å²) in [5, 5.41) is 0.